The van der Waals surface area contributed by atoms with Gasteiger partial charge in [0, 0.05) is 44.1 Å². The van der Waals surface area contributed by atoms with Gasteiger partial charge in [-0.15, -0.1) is 0 Å². The van der Waals surface area contributed by atoms with Crippen molar-refractivity contribution in [2.75, 3.05) is 34.3 Å². The van der Waals surface area contributed by atoms with Crippen LogP contribution in [0.5, 0.6) is 0 Å². The molecule has 4 rings (SSSR count). The van der Waals surface area contributed by atoms with Gasteiger partial charge in [-0.1, -0.05) is 113 Å². The van der Waals surface area contributed by atoms with Crippen LogP contribution in [0.25, 0.3) is 33.6 Å². The van der Waals surface area contributed by atoms with Gasteiger partial charge in [0.1, 0.15) is 33.3 Å². The number of hydrogen-bond acceptors (Lipinski definition) is 7. The maximum Gasteiger partial charge on any atom is 0.406 e. The molecule has 0 fully saturated rings. The minimum absolute atomic E-state index is 0.128. The van der Waals surface area contributed by atoms with E-state index >= 15 is 0 Å². The average molecular weight is 786 g/mol. The van der Waals surface area contributed by atoms with Crippen LogP contribution >= 0.6 is 23.2 Å². The largest absolute Gasteiger partial charge is 0.453 e. The van der Waals surface area contributed by atoms with Crippen LogP contribution < -0.4 is 11.1 Å². The highest BCUT2D eigenvalue weighted by Crippen LogP contribution is 2.31. The third kappa shape index (κ3) is 14.1. The molecule has 0 saturated carbocycles. The fraction of sp³-hybridized carbons (Fsp3) is 0.475. The maximum absolute atomic E-state index is 12.7. The number of nitrogens with one attached hydrogen (secondary N) is 3. The number of methoxy groups -OCH3 is 1. The lowest BCUT2D eigenvalue weighted by molar-refractivity contribution is -0.133. The Kier molecular flexibility index (Phi) is 19.8. The second kappa shape index (κ2) is 23.4. The van der Waals surface area contributed by atoms with E-state index in [9.17, 15) is 14.4 Å². The van der Waals surface area contributed by atoms with Crippen molar-refractivity contribution in [3.63, 3.8) is 0 Å². The zero-order valence-corrected chi connectivity index (χ0v) is 34.7. The lowest BCUT2D eigenvalue weighted by Crippen LogP contribution is -2.32. The zero-order valence-electron chi connectivity index (χ0n) is 33.2. The predicted octanol–water partition coefficient (Wildman–Crippen LogP) is 8.56. The van der Waals surface area contributed by atoms with E-state index in [4.69, 9.17) is 33.2 Å². The molecule has 3 amide bonds. The summed E-state index contributed by atoms with van der Waals surface area (Å²) < 4.78 is 4.15. The number of benzene rings is 2. The molecule has 0 spiro atoms. The Labute approximate surface area is 330 Å². The number of hydrogen-bond donors (Lipinski definition) is 4. The van der Waals surface area contributed by atoms with Gasteiger partial charge in [0.2, 0.25) is 11.8 Å². The topological polar surface area (TPSA) is 162 Å². The number of alkyl carbamates (subject to hydrolysis) is 1. The van der Waals surface area contributed by atoms with Crippen LogP contribution in [0.2, 0.25) is 10.3 Å². The number of carbonyl (C=O) groups excluding carboxylic acids is 3. The Bertz CT molecular complexity index is 1610. The average Bonchev–Trinajstić information content (AvgIpc) is 3.72. The van der Waals surface area contributed by atoms with Gasteiger partial charge in [0.15, 0.2) is 0 Å². The van der Waals surface area contributed by atoms with Crippen LogP contribution in [0.15, 0.2) is 48.5 Å². The Balaban J connectivity index is 0.00000115. The minimum atomic E-state index is -0.407. The van der Waals surface area contributed by atoms with E-state index in [0.29, 0.717) is 84.2 Å². The number of halogens is 2. The lowest BCUT2D eigenvalue weighted by atomic mass is 10.0. The SMILES string of the molecule is CCCN(Cc1nc(-c2ccc(-c3ccc(-c4nc(CN(CCC)C(=O)CC(C)C)[nH]c4Cl)cc3)cc2)c(Cl)[nH]1)C(=O)CC(C)C.CN.CNC(=O)OC. The van der Waals surface area contributed by atoms with Gasteiger partial charge >= 0.3 is 6.09 Å². The predicted molar refractivity (Wildman–Crippen MR) is 219 cm³/mol. The van der Waals surface area contributed by atoms with Gasteiger partial charge in [0.05, 0.1) is 20.2 Å². The van der Waals surface area contributed by atoms with E-state index in [1.165, 1.54) is 21.2 Å². The summed E-state index contributed by atoms with van der Waals surface area (Å²) >= 11 is 13.1. The van der Waals surface area contributed by atoms with Crippen LogP contribution in [0.4, 0.5) is 4.79 Å². The highest BCUT2D eigenvalue weighted by Gasteiger charge is 2.20. The first kappa shape index (κ1) is 45.8. The fourth-order valence-corrected chi connectivity index (χ4v) is 6.03. The molecule has 12 nitrogen and oxygen atoms in total. The van der Waals surface area contributed by atoms with Crippen LogP contribution in [0, 0.1) is 11.8 Å². The number of aromatic nitrogens is 4. The van der Waals surface area contributed by atoms with Crippen molar-refractivity contribution in [1.29, 1.82) is 0 Å². The summed E-state index contributed by atoms with van der Waals surface area (Å²) in [6, 6.07) is 16.2. The van der Waals surface area contributed by atoms with Gasteiger partial charge in [-0.3, -0.25) is 9.59 Å². The van der Waals surface area contributed by atoms with Gasteiger partial charge in [-0.25, -0.2) is 14.8 Å². The molecular weight excluding hydrogens is 727 g/mol. The van der Waals surface area contributed by atoms with Crippen molar-refractivity contribution < 1.29 is 19.1 Å². The highest BCUT2D eigenvalue weighted by molar-refractivity contribution is 6.32. The first-order chi connectivity index (χ1) is 25.8. The van der Waals surface area contributed by atoms with Gasteiger partial charge in [-0.2, -0.15) is 0 Å². The van der Waals surface area contributed by atoms with Gasteiger partial charge in [-0.05, 0) is 42.9 Å². The Morgan fingerprint density at radius 3 is 1.30 bits per heavy atom. The van der Waals surface area contributed by atoms with E-state index < -0.39 is 6.09 Å². The minimum Gasteiger partial charge on any atom is -0.453 e. The summed E-state index contributed by atoms with van der Waals surface area (Å²) in [6.07, 6.45) is 2.37. The van der Waals surface area contributed by atoms with Crippen molar-refractivity contribution in [1.82, 2.24) is 35.1 Å². The third-order valence-corrected chi connectivity index (χ3v) is 8.54. The summed E-state index contributed by atoms with van der Waals surface area (Å²) in [7, 11) is 4.32. The van der Waals surface area contributed by atoms with Crippen LogP contribution in [-0.4, -0.2) is 81.9 Å². The summed E-state index contributed by atoms with van der Waals surface area (Å²) in [5.41, 5.74) is 9.70. The number of rotatable bonds is 15. The molecule has 0 atom stereocenters. The summed E-state index contributed by atoms with van der Waals surface area (Å²) in [4.78, 5) is 54.8. The molecule has 14 heteroatoms. The van der Waals surface area contributed by atoms with Crippen molar-refractivity contribution in [3.8, 4) is 33.6 Å². The van der Waals surface area contributed by atoms with Crippen molar-refractivity contribution in [3.05, 3.63) is 70.5 Å². The summed E-state index contributed by atoms with van der Waals surface area (Å²) in [6.45, 7) is 14.5. The van der Waals surface area contributed by atoms with E-state index in [2.05, 4.69) is 67.3 Å². The quantitative estimate of drug-likeness (QED) is 0.0939. The number of nitrogens with zero attached hydrogens (tertiary/aromatic N) is 4. The molecule has 296 valence electrons. The number of carbonyl (C=O) groups is 3. The Hall–Kier alpha value is -4.39. The monoisotopic (exact) mass is 784 g/mol. The number of amides is 3. The van der Waals surface area contributed by atoms with Gasteiger partial charge in [0.25, 0.3) is 0 Å². The molecule has 2 aromatic heterocycles. The van der Waals surface area contributed by atoms with E-state index in [1.54, 1.807) is 0 Å². The molecule has 0 aliphatic heterocycles. The summed E-state index contributed by atoms with van der Waals surface area (Å²) in [5, 5.41) is 3.16. The molecule has 4 aromatic rings. The standard InChI is InChI=1S/C36H46Cl2N6O2.C3H7NO2.CH5N/c1-7-17-43(31(45)19-23(3)4)21-29-39-33(35(37)41-29)27-13-9-25(10-14-27)26-11-15-28(16-12-26)34-36(38)42-30(40-34)22-44(18-8-2)32(46)20-24(5)6;1-4-3(5)6-2;1-2/h9-16,23-24H,7-8,17-22H2,1-6H3,(H,39,41)(H,40,42);1-2H3,(H,4,5);2H2,1H3. The van der Waals surface area contributed by atoms with Crippen molar-refractivity contribution in [2.45, 2.75) is 80.3 Å². The lowest BCUT2D eigenvalue weighted by Gasteiger charge is -2.22. The first-order valence-corrected chi connectivity index (χ1v) is 19.1. The second-order valence-corrected chi connectivity index (χ2v) is 14.2. The molecule has 0 radical (unpaired) electrons. The number of nitrogens with two attached hydrogens (primary N) is 1. The summed E-state index contributed by atoms with van der Waals surface area (Å²) in [5.74, 6) is 2.20. The van der Waals surface area contributed by atoms with Crippen molar-refractivity contribution in [2.24, 2.45) is 17.6 Å². The molecule has 54 heavy (non-hydrogen) atoms. The van der Waals surface area contributed by atoms with E-state index in [0.717, 1.165) is 35.1 Å². The molecule has 0 aliphatic carbocycles. The zero-order chi connectivity index (χ0) is 40.4. The molecule has 0 aliphatic rings. The molecule has 5 N–H and O–H groups in total. The van der Waals surface area contributed by atoms with E-state index in [-0.39, 0.29) is 11.8 Å². The molecule has 0 saturated heterocycles. The molecule has 2 aromatic carbocycles. The Morgan fingerprint density at radius 2 is 1.04 bits per heavy atom. The van der Waals surface area contributed by atoms with E-state index in [1.807, 2.05) is 58.3 Å². The second-order valence-electron chi connectivity index (χ2n) is 13.4. The smallest absolute Gasteiger partial charge is 0.406 e. The normalized spacial score (nSPS) is 10.6. The van der Waals surface area contributed by atoms with Crippen LogP contribution in [0.3, 0.4) is 0 Å². The number of H-pyrrole nitrogens is 2. The highest BCUT2D eigenvalue weighted by atomic mass is 35.5. The molecular formula is C40H58Cl2N8O4. The molecule has 2 heterocycles. The number of imidazole rings is 2. The third-order valence-electron chi connectivity index (χ3n) is 8.00. The molecule has 0 unspecified atom stereocenters. The number of aromatic amines is 2. The Morgan fingerprint density at radius 1 is 0.704 bits per heavy atom. The van der Waals surface area contributed by atoms with Gasteiger partial charge < -0.3 is 35.6 Å². The maximum atomic E-state index is 12.7. The van der Waals surface area contributed by atoms with Crippen molar-refractivity contribution >= 4 is 41.1 Å². The first-order valence-electron chi connectivity index (χ1n) is 18.4. The molecule has 0 bridgehead atoms. The van der Waals surface area contributed by atoms with Crippen LogP contribution in [-0.2, 0) is 27.4 Å². The number of ether oxygens (including phenoxy) is 1. The van der Waals surface area contributed by atoms with Crippen LogP contribution in [0.1, 0.15) is 78.9 Å². The fourth-order valence-electron chi connectivity index (χ4n) is 5.51.